The van der Waals surface area contributed by atoms with E-state index in [2.05, 4.69) is 0 Å². The molecule has 0 aromatic rings. The Morgan fingerprint density at radius 1 is 1.47 bits per heavy atom. The molecule has 1 aliphatic rings. The maximum atomic E-state index is 11.3. The predicted molar refractivity (Wildman–Crippen MR) is 59.0 cm³/mol. The zero-order chi connectivity index (χ0) is 11.5. The number of rotatable bonds is 4. The zero-order valence-electron chi connectivity index (χ0n) is 9.35. The zero-order valence-corrected chi connectivity index (χ0v) is 10.2. The van der Waals surface area contributed by atoms with Gasteiger partial charge >= 0.3 is 0 Å². The minimum Gasteiger partial charge on any atom is -0.380 e. The molecule has 1 rings (SSSR count). The summed E-state index contributed by atoms with van der Waals surface area (Å²) >= 11 is 0. The molecule has 90 valence electrons. The molecule has 15 heavy (non-hydrogen) atoms. The maximum absolute atomic E-state index is 11.3. The van der Waals surface area contributed by atoms with Crippen molar-refractivity contribution in [3.8, 4) is 0 Å². The smallest absolute Gasteiger partial charge is 0.211 e. The number of methoxy groups -OCH3 is 1. The van der Waals surface area contributed by atoms with Crippen molar-refractivity contribution in [3.63, 3.8) is 0 Å². The average Bonchev–Trinajstić information content (AvgIpc) is 2.19. The quantitative estimate of drug-likeness (QED) is 0.723. The molecule has 0 bridgehead atoms. The summed E-state index contributed by atoms with van der Waals surface area (Å²) in [5.74, 6) is 0.387. The third kappa shape index (κ3) is 3.41. The molecule has 0 radical (unpaired) electrons. The highest BCUT2D eigenvalue weighted by atomic mass is 32.2. The van der Waals surface area contributed by atoms with Crippen LogP contribution in [0.2, 0.25) is 0 Å². The first-order valence-electron chi connectivity index (χ1n) is 5.17. The lowest BCUT2D eigenvalue weighted by molar-refractivity contribution is 0.0380. The van der Waals surface area contributed by atoms with Gasteiger partial charge in [0.05, 0.1) is 12.4 Å². The molecule has 1 fully saturated rings. The Hall–Kier alpha value is -0.170. The highest BCUT2D eigenvalue weighted by molar-refractivity contribution is 7.88. The van der Waals surface area contributed by atoms with Crippen LogP contribution in [-0.2, 0) is 14.8 Å². The summed E-state index contributed by atoms with van der Waals surface area (Å²) in [4.78, 5) is 0. The summed E-state index contributed by atoms with van der Waals surface area (Å²) in [6.45, 7) is 1.67. The van der Waals surface area contributed by atoms with Crippen molar-refractivity contribution in [2.45, 2.75) is 18.9 Å². The lowest BCUT2D eigenvalue weighted by Crippen LogP contribution is -2.42. The molecule has 1 saturated heterocycles. The largest absolute Gasteiger partial charge is 0.380 e. The molecule has 2 N–H and O–H groups in total. The van der Waals surface area contributed by atoms with Crippen LogP contribution in [0, 0.1) is 5.92 Å². The minimum atomic E-state index is -3.03. The van der Waals surface area contributed by atoms with Crippen LogP contribution in [0.5, 0.6) is 0 Å². The molecule has 0 spiro atoms. The number of hydrogen-bond donors (Lipinski definition) is 1. The molecule has 5 nitrogen and oxygen atoms in total. The standard InChI is InChI=1S/C9H20N2O3S/c1-14-9(7-10)8-3-5-11(6-4-8)15(2,12)13/h8-9H,3-7,10H2,1-2H3. The van der Waals surface area contributed by atoms with Crippen molar-refractivity contribution in [2.24, 2.45) is 11.7 Å². The van der Waals surface area contributed by atoms with Gasteiger partial charge in [-0.15, -0.1) is 0 Å². The van der Waals surface area contributed by atoms with Crippen LogP contribution in [0.1, 0.15) is 12.8 Å². The molecule has 0 aromatic heterocycles. The highest BCUT2D eigenvalue weighted by Gasteiger charge is 2.29. The molecular weight excluding hydrogens is 216 g/mol. The van der Waals surface area contributed by atoms with Crippen molar-refractivity contribution in [1.82, 2.24) is 4.31 Å². The number of sulfonamides is 1. The second-order valence-electron chi connectivity index (χ2n) is 4.01. The molecule has 1 aliphatic heterocycles. The van der Waals surface area contributed by atoms with Crippen molar-refractivity contribution in [1.29, 1.82) is 0 Å². The second kappa shape index (κ2) is 5.25. The topological polar surface area (TPSA) is 72.6 Å². The van der Waals surface area contributed by atoms with Gasteiger partial charge in [-0.3, -0.25) is 0 Å². The monoisotopic (exact) mass is 236 g/mol. The van der Waals surface area contributed by atoms with E-state index in [-0.39, 0.29) is 6.10 Å². The van der Waals surface area contributed by atoms with Crippen LogP contribution in [0.15, 0.2) is 0 Å². The fourth-order valence-corrected chi connectivity index (χ4v) is 2.93. The SMILES string of the molecule is COC(CN)C1CCN(S(C)(=O)=O)CC1. The van der Waals surface area contributed by atoms with E-state index in [0.29, 0.717) is 25.6 Å². The van der Waals surface area contributed by atoms with Crippen LogP contribution in [-0.4, -0.2) is 51.8 Å². The molecule has 1 heterocycles. The van der Waals surface area contributed by atoms with Crippen molar-refractivity contribution in [3.05, 3.63) is 0 Å². The second-order valence-corrected chi connectivity index (χ2v) is 5.99. The fourth-order valence-electron chi connectivity index (χ4n) is 2.06. The molecule has 1 unspecified atom stereocenters. The van der Waals surface area contributed by atoms with Gasteiger partial charge in [0.2, 0.25) is 10.0 Å². The van der Waals surface area contributed by atoms with Gasteiger partial charge in [-0.2, -0.15) is 0 Å². The minimum absolute atomic E-state index is 0.0618. The van der Waals surface area contributed by atoms with Crippen LogP contribution < -0.4 is 5.73 Å². The molecule has 6 heteroatoms. The Morgan fingerprint density at radius 2 is 2.00 bits per heavy atom. The van der Waals surface area contributed by atoms with Gasteiger partial charge in [-0.05, 0) is 18.8 Å². The van der Waals surface area contributed by atoms with Gasteiger partial charge in [0.25, 0.3) is 0 Å². The first-order valence-corrected chi connectivity index (χ1v) is 7.02. The number of ether oxygens (including phenoxy) is 1. The first-order chi connectivity index (χ1) is 6.99. The van der Waals surface area contributed by atoms with Crippen molar-refractivity contribution in [2.75, 3.05) is 33.0 Å². The van der Waals surface area contributed by atoms with E-state index in [9.17, 15) is 8.42 Å². The predicted octanol–water partition coefficient (Wildman–Crippen LogP) is -0.368. The third-order valence-corrected chi connectivity index (χ3v) is 4.33. The van der Waals surface area contributed by atoms with Crippen molar-refractivity contribution < 1.29 is 13.2 Å². The highest BCUT2D eigenvalue weighted by Crippen LogP contribution is 2.23. The molecule has 1 atom stereocenters. The maximum Gasteiger partial charge on any atom is 0.211 e. The van der Waals surface area contributed by atoms with Crippen LogP contribution in [0.3, 0.4) is 0 Å². The third-order valence-electron chi connectivity index (χ3n) is 3.03. The van der Waals surface area contributed by atoms with Crippen LogP contribution >= 0.6 is 0 Å². The molecule has 0 amide bonds. The van der Waals surface area contributed by atoms with Crippen LogP contribution in [0.4, 0.5) is 0 Å². The van der Waals surface area contributed by atoms with E-state index in [1.54, 1.807) is 7.11 Å². The van der Waals surface area contributed by atoms with Gasteiger partial charge in [-0.25, -0.2) is 12.7 Å². The molecule has 0 aromatic carbocycles. The Morgan fingerprint density at radius 3 is 2.33 bits per heavy atom. The Balaban J connectivity index is 2.49. The van der Waals surface area contributed by atoms with E-state index in [4.69, 9.17) is 10.5 Å². The van der Waals surface area contributed by atoms with Gasteiger partial charge in [0.15, 0.2) is 0 Å². The lowest BCUT2D eigenvalue weighted by Gasteiger charge is -2.33. The van der Waals surface area contributed by atoms with E-state index >= 15 is 0 Å². The Bertz CT molecular complexity index is 280. The molecular formula is C9H20N2O3S. The van der Waals surface area contributed by atoms with E-state index in [1.165, 1.54) is 10.6 Å². The molecule has 0 saturated carbocycles. The van der Waals surface area contributed by atoms with E-state index < -0.39 is 10.0 Å². The van der Waals surface area contributed by atoms with Gasteiger partial charge in [0, 0.05) is 26.7 Å². The summed E-state index contributed by atoms with van der Waals surface area (Å²) in [5.41, 5.74) is 5.58. The lowest BCUT2D eigenvalue weighted by atomic mass is 9.92. The average molecular weight is 236 g/mol. The van der Waals surface area contributed by atoms with E-state index in [0.717, 1.165) is 12.8 Å². The number of piperidine rings is 1. The summed E-state index contributed by atoms with van der Waals surface area (Å²) in [7, 11) is -1.37. The van der Waals surface area contributed by atoms with Crippen molar-refractivity contribution >= 4 is 10.0 Å². The first kappa shape index (κ1) is 12.9. The Labute approximate surface area is 91.6 Å². The van der Waals surface area contributed by atoms with Crippen LogP contribution in [0.25, 0.3) is 0 Å². The van der Waals surface area contributed by atoms with Gasteiger partial charge in [0.1, 0.15) is 0 Å². The molecule has 0 aliphatic carbocycles. The van der Waals surface area contributed by atoms with E-state index in [1.807, 2.05) is 0 Å². The summed E-state index contributed by atoms with van der Waals surface area (Å²) in [5, 5.41) is 0. The number of hydrogen-bond acceptors (Lipinski definition) is 4. The van der Waals surface area contributed by atoms with Gasteiger partial charge in [-0.1, -0.05) is 0 Å². The summed E-state index contributed by atoms with van der Waals surface area (Å²) in [6.07, 6.45) is 2.99. The summed E-state index contributed by atoms with van der Waals surface area (Å²) in [6, 6.07) is 0. The van der Waals surface area contributed by atoms with Gasteiger partial charge < -0.3 is 10.5 Å². The number of nitrogens with zero attached hydrogens (tertiary/aromatic N) is 1. The fraction of sp³-hybridized carbons (Fsp3) is 1.00. The normalized spacial score (nSPS) is 22.9. The summed E-state index contributed by atoms with van der Waals surface area (Å²) < 4.78 is 29.3. The number of nitrogens with two attached hydrogens (primary N) is 1. The Kier molecular flexibility index (Phi) is 4.51.